The van der Waals surface area contributed by atoms with Gasteiger partial charge < -0.3 is 10.5 Å². The van der Waals surface area contributed by atoms with E-state index in [0.29, 0.717) is 11.3 Å². The SMILES string of the molecule is CCOC(=O)c1cc(-c2ccc(N)cc2)c2c(C)nn(-c3ccccc3)c2n1. The van der Waals surface area contributed by atoms with Crippen molar-refractivity contribution in [2.45, 2.75) is 13.8 Å². The third kappa shape index (κ3) is 3.09. The molecule has 6 nitrogen and oxygen atoms in total. The summed E-state index contributed by atoms with van der Waals surface area (Å²) in [7, 11) is 0. The lowest BCUT2D eigenvalue weighted by Crippen LogP contribution is -2.09. The highest BCUT2D eigenvalue weighted by atomic mass is 16.5. The van der Waals surface area contributed by atoms with Crippen molar-refractivity contribution in [1.29, 1.82) is 0 Å². The fraction of sp³-hybridized carbons (Fsp3) is 0.136. The Morgan fingerprint density at radius 2 is 1.82 bits per heavy atom. The number of nitrogens with zero attached hydrogens (tertiary/aromatic N) is 3. The minimum atomic E-state index is -0.459. The van der Waals surface area contributed by atoms with Crippen molar-refractivity contribution in [3.63, 3.8) is 0 Å². The van der Waals surface area contributed by atoms with Crippen molar-refractivity contribution in [1.82, 2.24) is 14.8 Å². The maximum atomic E-state index is 12.4. The minimum Gasteiger partial charge on any atom is -0.461 e. The number of para-hydroxylation sites is 1. The molecule has 2 N–H and O–H groups in total. The van der Waals surface area contributed by atoms with Crippen LogP contribution >= 0.6 is 0 Å². The van der Waals surface area contributed by atoms with Crippen LogP contribution in [0.3, 0.4) is 0 Å². The van der Waals surface area contributed by atoms with E-state index in [9.17, 15) is 4.79 Å². The van der Waals surface area contributed by atoms with Crippen molar-refractivity contribution in [3.05, 3.63) is 72.1 Å². The summed E-state index contributed by atoms with van der Waals surface area (Å²) in [6.45, 7) is 4.00. The highest BCUT2D eigenvalue weighted by molar-refractivity contribution is 6.00. The third-order valence-corrected chi connectivity index (χ3v) is 4.52. The molecule has 28 heavy (non-hydrogen) atoms. The van der Waals surface area contributed by atoms with E-state index in [1.54, 1.807) is 17.7 Å². The Kier molecular flexibility index (Phi) is 4.53. The van der Waals surface area contributed by atoms with E-state index >= 15 is 0 Å². The number of fused-ring (bicyclic) bond motifs is 1. The second-order valence-electron chi connectivity index (χ2n) is 6.43. The summed E-state index contributed by atoms with van der Waals surface area (Å²) in [6, 6.07) is 19.0. The summed E-state index contributed by atoms with van der Waals surface area (Å²) in [4.78, 5) is 17.0. The number of rotatable bonds is 4. The standard InChI is InChI=1S/C22H20N4O2/c1-3-28-22(27)19-13-18(15-9-11-16(23)12-10-15)20-14(2)25-26(21(20)24-19)17-7-5-4-6-8-17/h4-13H,3,23H2,1-2H3. The van der Waals surface area contributed by atoms with Gasteiger partial charge in [-0.3, -0.25) is 0 Å². The average molecular weight is 372 g/mol. The van der Waals surface area contributed by atoms with E-state index in [1.165, 1.54) is 0 Å². The molecule has 0 spiro atoms. The van der Waals surface area contributed by atoms with Crippen molar-refractivity contribution >= 4 is 22.7 Å². The molecule has 2 aromatic carbocycles. The number of aromatic nitrogens is 3. The van der Waals surface area contributed by atoms with Gasteiger partial charge in [-0.1, -0.05) is 30.3 Å². The fourth-order valence-corrected chi connectivity index (χ4v) is 3.24. The molecule has 0 unspecified atom stereocenters. The van der Waals surface area contributed by atoms with Gasteiger partial charge in [-0.25, -0.2) is 14.5 Å². The summed E-state index contributed by atoms with van der Waals surface area (Å²) in [6.07, 6.45) is 0. The lowest BCUT2D eigenvalue weighted by atomic mass is 10.0. The second-order valence-corrected chi connectivity index (χ2v) is 6.43. The molecule has 2 heterocycles. The molecule has 4 aromatic rings. The number of esters is 1. The molecular formula is C22H20N4O2. The third-order valence-electron chi connectivity index (χ3n) is 4.52. The van der Waals surface area contributed by atoms with Crippen LogP contribution in [0.25, 0.3) is 27.8 Å². The zero-order chi connectivity index (χ0) is 19.7. The Labute approximate surface area is 162 Å². The first-order valence-corrected chi connectivity index (χ1v) is 9.07. The van der Waals surface area contributed by atoms with Crippen LogP contribution in [0.5, 0.6) is 0 Å². The Hall–Kier alpha value is -3.67. The predicted molar refractivity (Wildman–Crippen MR) is 109 cm³/mol. The molecule has 0 fully saturated rings. The van der Waals surface area contributed by atoms with Crippen LogP contribution in [0.15, 0.2) is 60.7 Å². The normalized spacial score (nSPS) is 10.9. The highest BCUT2D eigenvalue weighted by Crippen LogP contribution is 2.32. The van der Waals surface area contributed by atoms with Gasteiger partial charge in [-0.15, -0.1) is 0 Å². The summed E-state index contributed by atoms with van der Waals surface area (Å²) >= 11 is 0. The van der Waals surface area contributed by atoms with E-state index in [-0.39, 0.29) is 12.3 Å². The summed E-state index contributed by atoms with van der Waals surface area (Å²) in [5.41, 5.74) is 10.9. The molecule has 2 aromatic heterocycles. The Bertz CT molecular complexity index is 1150. The van der Waals surface area contributed by atoms with Crippen LogP contribution in [-0.2, 0) is 4.74 Å². The Morgan fingerprint density at radius 3 is 2.50 bits per heavy atom. The second kappa shape index (κ2) is 7.15. The Morgan fingerprint density at radius 1 is 1.11 bits per heavy atom. The highest BCUT2D eigenvalue weighted by Gasteiger charge is 2.20. The van der Waals surface area contributed by atoms with E-state index in [1.807, 2.05) is 61.5 Å². The smallest absolute Gasteiger partial charge is 0.357 e. The molecule has 0 radical (unpaired) electrons. The Balaban J connectivity index is 2.03. The number of hydrogen-bond donors (Lipinski definition) is 1. The molecular weight excluding hydrogens is 352 g/mol. The average Bonchev–Trinajstić information content (AvgIpc) is 3.05. The van der Waals surface area contributed by atoms with E-state index < -0.39 is 5.97 Å². The number of pyridine rings is 1. The molecule has 140 valence electrons. The maximum absolute atomic E-state index is 12.4. The van der Waals surface area contributed by atoms with Crippen LogP contribution in [0.4, 0.5) is 5.69 Å². The van der Waals surface area contributed by atoms with E-state index in [0.717, 1.165) is 27.9 Å². The molecule has 0 aliphatic heterocycles. The van der Waals surface area contributed by atoms with Gasteiger partial charge in [-0.05, 0) is 55.3 Å². The molecule has 0 saturated carbocycles. The van der Waals surface area contributed by atoms with E-state index in [4.69, 9.17) is 10.5 Å². The molecule has 0 saturated heterocycles. The first-order valence-electron chi connectivity index (χ1n) is 9.07. The van der Waals surface area contributed by atoms with Gasteiger partial charge in [0.2, 0.25) is 0 Å². The first kappa shape index (κ1) is 17.7. The molecule has 0 atom stereocenters. The topological polar surface area (TPSA) is 83.0 Å². The number of aryl methyl sites for hydroxylation is 1. The van der Waals surface area contributed by atoms with Crippen LogP contribution in [0, 0.1) is 6.92 Å². The fourth-order valence-electron chi connectivity index (χ4n) is 3.24. The van der Waals surface area contributed by atoms with Gasteiger partial charge in [0.05, 0.1) is 23.4 Å². The number of carbonyl (C=O) groups is 1. The van der Waals surface area contributed by atoms with Crippen LogP contribution in [0.1, 0.15) is 23.1 Å². The van der Waals surface area contributed by atoms with Crippen molar-refractivity contribution < 1.29 is 9.53 Å². The van der Waals surface area contributed by atoms with E-state index in [2.05, 4.69) is 10.1 Å². The first-order chi connectivity index (χ1) is 13.6. The summed E-state index contributed by atoms with van der Waals surface area (Å²) in [5, 5.41) is 5.58. The van der Waals surface area contributed by atoms with Crippen molar-refractivity contribution in [2.24, 2.45) is 0 Å². The number of nitrogen functional groups attached to an aromatic ring is 1. The van der Waals surface area contributed by atoms with Gasteiger partial charge in [-0.2, -0.15) is 5.10 Å². The van der Waals surface area contributed by atoms with Crippen LogP contribution < -0.4 is 5.73 Å². The zero-order valence-corrected chi connectivity index (χ0v) is 15.7. The van der Waals surface area contributed by atoms with Gasteiger partial charge in [0.1, 0.15) is 0 Å². The van der Waals surface area contributed by atoms with Gasteiger partial charge in [0.25, 0.3) is 0 Å². The predicted octanol–water partition coefficient (Wildman–Crippen LogP) is 4.15. The van der Waals surface area contributed by atoms with Crippen LogP contribution in [-0.4, -0.2) is 27.3 Å². The number of nitrogens with two attached hydrogens (primary N) is 1. The summed E-state index contributed by atoms with van der Waals surface area (Å²) < 4.78 is 6.95. The quantitative estimate of drug-likeness (QED) is 0.430. The molecule has 0 aliphatic rings. The number of anilines is 1. The summed E-state index contributed by atoms with van der Waals surface area (Å²) in [5.74, 6) is -0.459. The van der Waals surface area contributed by atoms with Crippen LogP contribution in [0.2, 0.25) is 0 Å². The maximum Gasteiger partial charge on any atom is 0.357 e. The monoisotopic (exact) mass is 372 g/mol. The lowest BCUT2D eigenvalue weighted by molar-refractivity contribution is 0.0520. The molecule has 4 rings (SSSR count). The number of carbonyl (C=O) groups excluding carboxylic acids is 1. The minimum absolute atomic E-state index is 0.248. The zero-order valence-electron chi connectivity index (χ0n) is 15.7. The number of hydrogen-bond acceptors (Lipinski definition) is 5. The molecule has 6 heteroatoms. The largest absolute Gasteiger partial charge is 0.461 e. The number of benzene rings is 2. The molecule has 0 amide bonds. The molecule has 0 bridgehead atoms. The van der Waals surface area contributed by atoms with Gasteiger partial charge in [0.15, 0.2) is 11.3 Å². The lowest BCUT2D eigenvalue weighted by Gasteiger charge is -2.09. The van der Waals surface area contributed by atoms with Crippen molar-refractivity contribution in [3.8, 4) is 16.8 Å². The van der Waals surface area contributed by atoms with Gasteiger partial charge >= 0.3 is 5.97 Å². The van der Waals surface area contributed by atoms with Crippen molar-refractivity contribution in [2.75, 3.05) is 12.3 Å². The van der Waals surface area contributed by atoms with Gasteiger partial charge in [0, 0.05) is 5.69 Å². The molecule has 0 aliphatic carbocycles. The number of ether oxygens (including phenoxy) is 1.